The molecule has 2 aromatic heterocycles. The first kappa shape index (κ1) is 18.9. The number of nitrogens with one attached hydrogen (secondary N) is 1. The average Bonchev–Trinajstić information content (AvgIpc) is 3.06. The number of hydrogen-bond acceptors (Lipinski definition) is 3. The molecule has 1 atom stereocenters. The van der Waals surface area contributed by atoms with Crippen molar-refractivity contribution in [2.45, 2.75) is 13.5 Å². The SMILES string of the molecule is C=Cc1ncc(C(=C)Nc2cn(Cc3cc(F)c(F)c(P)c3)cn2)cc1C. The second-order valence-corrected chi connectivity index (χ2v) is 6.77. The van der Waals surface area contributed by atoms with Crippen LogP contribution in [0.2, 0.25) is 0 Å². The van der Waals surface area contributed by atoms with Gasteiger partial charge in [0.25, 0.3) is 0 Å². The van der Waals surface area contributed by atoms with Crippen LogP contribution in [-0.4, -0.2) is 14.5 Å². The number of nitrogens with zero attached hydrogens (tertiary/aromatic N) is 3. The summed E-state index contributed by atoms with van der Waals surface area (Å²) in [5.41, 5.74) is 3.98. The number of pyridine rings is 1. The topological polar surface area (TPSA) is 42.7 Å². The lowest BCUT2D eigenvalue weighted by atomic mass is 10.1. The molecule has 1 aromatic carbocycles. The minimum Gasteiger partial charge on any atom is -0.339 e. The molecule has 0 fully saturated rings. The Labute approximate surface area is 158 Å². The van der Waals surface area contributed by atoms with Crippen molar-refractivity contribution in [3.8, 4) is 0 Å². The van der Waals surface area contributed by atoms with E-state index in [0.717, 1.165) is 16.8 Å². The third-order valence-electron chi connectivity index (χ3n) is 4.05. The molecule has 0 saturated heterocycles. The summed E-state index contributed by atoms with van der Waals surface area (Å²) < 4.78 is 28.7. The highest BCUT2D eigenvalue weighted by molar-refractivity contribution is 7.27. The van der Waals surface area contributed by atoms with Gasteiger partial charge >= 0.3 is 0 Å². The van der Waals surface area contributed by atoms with Gasteiger partial charge in [-0.25, -0.2) is 13.8 Å². The minimum atomic E-state index is -0.866. The van der Waals surface area contributed by atoms with Gasteiger partial charge in [-0.05, 0) is 42.3 Å². The lowest BCUT2D eigenvalue weighted by Crippen LogP contribution is -2.07. The van der Waals surface area contributed by atoms with Crippen molar-refractivity contribution < 1.29 is 8.78 Å². The van der Waals surface area contributed by atoms with Crippen LogP contribution in [0.5, 0.6) is 0 Å². The lowest BCUT2D eigenvalue weighted by molar-refractivity contribution is 0.512. The quantitative estimate of drug-likeness (QED) is 0.650. The predicted molar refractivity (Wildman–Crippen MR) is 109 cm³/mol. The van der Waals surface area contributed by atoms with E-state index < -0.39 is 11.6 Å². The van der Waals surface area contributed by atoms with Crippen molar-refractivity contribution in [2.24, 2.45) is 0 Å². The maximum Gasteiger partial charge on any atom is 0.165 e. The molecule has 1 N–H and O–H groups in total. The molecule has 0 aliphatic rings. The molecular formula is C20H19F2N4P. The first-order chi connectivity index (χ1) is 12.9. The van der Waals surface area contributed by atoms with Gasteiger partial charge in [-0.2, -0.15) is 0 Å². The van der Waals surface area contributed by atoms with E-state index in [1.165, 1.54) is 6.07 Å². The van der Waals surface area contributed by atoms with Gasteiger partial charge < -0.3 is 9.88 Å². The van der Waals surface area contributed by atoms with Crippen molar-refractivity contribution >= 4 is 32.1 Å². The summed E-state index contributed by atoms with van der Waals surface area (Å²) in [4.78, 5) is 8.61. The fourth-order valence-electron chi connectivity index (χ4n) is 2.67. The average molecular weight is 384 g/mol. The van der Waals surface area contributed by atoms with Gasteiger partial charge in [-0.15, -0.1) is 9.24 Å². The van der Waals surface area contributed by atoms with Gasteiger partial charge in [-0.1, -0.05) is 13.2 Å². The van der Waals surface area contributed by atoms with E-state index in [-0.39, 0.29) is 5.30 Å². The molecular weight excluding hydrogens is 365 g/mol. The molecule has 0 spiro atoms. The molecule has 0 bridgehead atoms. The van der Waals surface area contributed by atoms with Crippen LogP contribution in [0.3, 0.4) is 0 Å². The third kappa shape index (κ3) is 4.29. The van der Waals surface area contributed by atoms with Gasteiger partial charge in [0, 0.05) is 35.5 Å². The van der Waals surface area contributed by atoms with Crippen LogP contribution >= 0.6 is 9.24 Å². The van der Waals surface area contributed by atoms with Gasteiger partial charge in [0.15, 0.2) is 11.6 Å². The predicted octanol–water partition coefficient (Wildman–Crippen LogP) is 4.14. The molecule has 27 heavy (non-hydrogen) atoms. The molecule has 0 saturated carbocycles. The summed E-state index contributed by atoms with van der Waals surface area (Å²) in [5.74, 6) is -1.12. The molecule has 1 unspecified atom stereocenters. The zero-order valence-electron chi connectivity index (χ0n) is 14.8. The summed E-state index contributed by atoms with van der Waals surface area (Å²) in [6.45, 7) is 10.1. The summed E-state index contributed by atoms with van der Waals surface area (Å²) in [5, 5.41) is 3.33. The number of halogens is 2. The number of hydrogen-bond donors (Lipinski definition) is 1. The second-order valence-electron chi connectivity index (χ2n) is 6.15. The lowest BCUT2D eigenvalue weighted by Gasteiger charge is -2.09. The van der Waals surface area contributed by atoms with Crippen LogP contribution in [-0.2, 0) is 6.54 Å². The molecule has 138 valence electrons. The maximum absolute atomic E-state index is 13.5. The Balaban J connectivity index is 1.71. The van der Waals surface area contributed by atoms with Crippen molar-refractivity contribution in [3.63, 3.8) is 0 Å². The Morgan fingerprint density at radius 1 is 1.30 bits per heavy atom. The van der Waals surface area contributed by atoms with Crippen LogP contribution < -0.4 is 10.6 Å². The Bertz CT molecular complexity index is 1000. The molecule has 0 radical (unpaired) electrons. The van der Waals surface area contributed by atoms with Crippen LogP contribution in [0, 0.1) is 18.6 Å². The Hall–Kier alpha value is -2.85. The fourth-order valence-corrected chi connectivity index (χ4v) is 3.02. The number of aryl methyl sites for hydroxylation is 1. The standard InChI is InChI=1S/C20H19F2N4P/c1-4-17-12(2)5-15(8-23-17)13(3)25-19-10-26(11-24-19)9-14-6-16(21)20(22)18(27)7-14/h4-8,10-11,25H,1,3,9,27H2,2H3. The summed E-state index contributed by atoms with van der Waals surface area (Å²) in [7, 11) is 2.20. The van der Waals surface area contributed by atoms with E-state index in [1.807, 2.05) is 13.0 Å². The van der Waals surface area contributed by atoms with Crippen molar-refractivity contribution in [1.82, 2.24) is 14.5 Å². The second kappa shape index (κ2) is 7.80. The largest absolute Gasteiger partial charge is 0.339 e. The molecule has 0 amide bonds. The van der Waals surface area contributed by atoms with Crippen molar-refractivity contribution in [3.05, 3.63) is 84.1 Å². The Morgan fingerprint density at radius 3 is 2.74 bits per heavy atom. The monoisotopic (exact) mass is 384 g/mol. The van der Waals surface area contributed by atoms with E-state index >= 15 is 0 Å². The van der Waals surface area contributed by atoms with E-state index in [1.54, 1.807) is 35.4 Å². The summed E-state index contributed by atoms with van der Waals surface area (Å²) in [6, 6.07) is 4.74. The highest BCUT2D eigenvalue weighted by Gasteiger charge is 2.09. The van der Waals surface area contributed by atoms with Crippen LogP contribution in [0.25, 0.3) is 11.8 Å². The van der Waals surface area contributed by atoms with E-state index in [9.17, 15) is 8.78 Å². The molecule has 3 rings (SSSR count). The molecule has 0 aliphatic heterocycles. The summed E-state index contributed by atoms with van der Waals surface area (Å²) in [6.07, 6.45) is 6.81. The Morgan fingerprint density at radius 2 is 2.07 bits per heavy atom. The van der Waals surface area contributed by atoms with Crippen molar-refractivity contribution in [2.75, 3.05) is 5.32 Å². The molecule has 2 heterocycles. The zero-order valence-corrected chi connectivity index (χ0v) is 16.0. The molecule has 0 aliphatic carbocycles. The van der Waals surface area contributed by atoms with Gasteiger partial charge in [-0.3, -0.25) is 4.98 Å². The number of rotatable bonds is 6. The maximum atomic E-state index is 13.5. The highest BCUT2D eigenvalue weighted by Crippen LogP contribution is 2.18. The normalized spacial score (nSPS) is 10.7. The fraction of sp³-hybridized carbons (Fsp3) is 0.100. The van der Waals surface area contributed by atoms with Gasteiger partial charge in [0.2, 0.25) is 0 Å². The van der Waals surface area contributed by atoms with E-state index in [2.05, 4.69) is 37.7 Å². The van der Waals surface area contributed by atoms with Crippen LogP contribution in [0.4, 0.5) is 14.6 Å². The summed E-state index contributed by atoms with van der Waals surface area (Å²) >= 11 is 0. The van der Waals surface area contributed by atoms with Crippen LogP contribution in [0.15, 0.2) is 50.1 Å². The van der Waals surface area contributed by atoms with Crippen molar-refractivity contribution in [1.29, 1.82) is 0 Å². The number of aromatic nitrogens is 3. The molecule has 7 heteroatoms. The van der Waals surface area contributed by atoms with Gasteiger partial charge in [0.1, 0.15) is 5.82 Å². The Kier molecular flexibility index (Phi) is 5.47. The van der Waals surface area contributed by atoms with E-state index in [4.69, 9.17) is 0 Å². The first-order valence-corrected chi connectivity index (χ1v) is 8.75. The third-order valence-corrected chi connectivity index (χ3v) is 4.47. The number of anilines is 1. The first-order valence-electron chi connectivity index (χ1n) is 8.18. The molecule has 3 aromatic rings. The smallest absolute Gasteiger partial charge is 0.165 e. The van der Waals surface area contributed by atoms with E-state index in [0.29, 0.717) is 23.6 Å². The van der Waals surface area contributed by atoms with Gasteiger partial charge in [0.05, 0.1) is 12.0 Å². The minimum absolute atomic E-state index is 0.197. The highest BCUT2D eigenvalue weighted by atomic mass is 31.0. The zero-order chi connectivity index (χ0) is 19.6. The van der Waals surface area contributed by atoms with Crippen LogP contribution in [0.1, 0.15) is 22.4 Å². The number of imidazole rings is 1. The molecule has 4 nitrogen and oxygen atoms in total. The number of benzene rings is 1.